The van der Waals surface area contributed by atoms with E-state index in [4.69, 9.17) is 4.99 Å². The molecule has 30 heavy (non-hydrogen) atoms. The number of rotatable bonds is 5. The van der Waals surface area contributed by atoms with Gasteiger partial charge in [-0.2, -0.15) is 0 Å². The molecule has 1 aliphatic carbocycles. The minimum Gasteiger partial charge on any atom is -0.324 e. The highest BCUT2D eigenvalue weighted by molar-refractivity contribution is 6.47. The van der Waals surface area contributed by atoms with E-state index in [0.717, 1.165) is 61.8 Å². The van der Waals surface area contributed by atoms with E-state index in [9.17, 15) is 9.59 Å². The second-order valence-corrected chi connectivity index (χ2v) is 8.17. The van der Waals surface area contributed by atoms with Crippen LogP contribution in [-0.2, 0) is 16.0 Å². The lowest BCUT2D eigenvalue weighted by molar-refractivity contribution is -0.133. The third-order valence-corrected chi connectivity index (χ3v) is 6.20. The van der Waals surface area contributed by atoms with Crippen molar-refractivity contribution >= 4 is 23.2 Å². The topological polar surface area (TPSA) is 61.8 Å². The molecule has 1 spiro atoms. The average Bonchev–Trinajstić information content (AvgIpc) is 2.91. The van der Waals surface area contributed by atoms with Crippen molar-refractivity contribution in [3.63, 3.8) is 0 Å². The van der Waals surface area contributed by atoms with Gasteiger partial charge in [0.05, 0.1) is 0 Å². The zero-order valence-corrected chi connectivity index (χ0v) is 17.6. The van der Waals surface area contributed by atoms with Gasteiger partial charge in [-0.15, -0.1) is 0 Å². The summed E-state index contributed by atoms with van der Waals surface area (Å²) in [7, 11) is 0. The number of nitrogens with one attached hydrogen (secondary N) is 1. The first-order chi connectivity index (χ1) is 14.6. The van der Waals surface area contributed by atoms with E-state index in [2.05, 4.69) is 12.2 Å². The fourth-order valence-corrected chi connectivity index (χ4v) is 4.60. The van der Waals surface area contributed by atoms with E-state index in [-0.39, 0.29) is 18.4 Å². The van der Waals surface area contributed by atoms with Crippen LogP contribution in [-0.4, -0.2) is 34.6 Å². The Balaban J connectivity index is 1.60. The summed E-state index contributed by atoms with van der Waals surface area (Å²) in [5.74, 6) is -0.306. The number of nitrogens with zero attached hydrogens (tertiary/aromatic N) is 2. The van der Waals surface area contributed by atoms with Gasteiger partial charge in [0.1, 0.15) is 17.9 Å². The van der Waals surface area contributed by atoms with Crippen molar-refractivity contribution in [2.75, 3.05) is 11.9 Å². The molecule has 5 nitrogen and oxygen atoms in total. The van der Waals surface area contributed by atoms with Crippen LogP contribution >= 0.6 is 0 Å². The molecule has 1 N–H and O–H groups in total. The van der Waals surface area contributed by atoms with E-state index in [1.807, 2.05) is 54.6 Å². The molecule has 1 heterocycles. The highest BCUT2D eigenvalue weighted by Gasteiger charge is 2.47. The van der Waals surface area contributed by atoms with Gasteiger partial charge >= 0.3 is 0 Å². The zero-order valence-electron chi connectivity index (χ0n) is 17.6. The second kappa shape index (κ2) is 8.82. The highest BCUT2D eigenvalue weighted by atomic mass is 16.2. The monoisotopic (exact) mass is 403 g/mol. The van der Waals surface area contributed by atoms with Crippen LogP contribution in [0.15, 0.2) is 59.6 Å². The molecule has 0 radical (unpaired) electrons. The van der Waals surface area contributed by atoms with Crippen LogP contribution < -0.4 is 5.32 Å². The summed E-state index contributed by atoms with van der Waals surface area (Å²) in [6.45, 7) is 2.09. The number of hydrogen-bond acceptors (Lipinski definition) is 3. The van der Waals surface area contributed by atoms with Crippen LogP contribution in [0.2, 0.25) is 0 Å². The lowest BCUT2D eigenvalue weighted by atomic mass is 10.00. The quantitative estimate of drug-likeness (QED) is 0.795. The molecule has 0 atom stereocenters. The molecule has 0 unspecified atom stereocenters. The van der Waals surface area contributed by atoms with Gasteiger partial charge in [0, 0.05) is 11.3 Å². The molecule has 1 saturated carbocycles. The molecule has 5 heteroatoms. The summed E-state index contributed by atoms with van der Waals surface area (Å²) < 4.78 is 0. The number of anilines is 1. The molecule has 0 bridgehead atoms. The Morgan fingerprint density at radius 1 is 1.00 bits per heavy atom. The van der Waals surface area contributed by atoms with Crippen LogP contribution in [0.25, 0.3) is 0 Å². The van der Waals surface area contributed by atoms with Crippen molar-refractivity contribution in [1.82, 2.24) is 4.90 Å². The summed E-state index contributed by atoms with van der Waals surface area (Å²) in [5.41, 5.74) is 2.62. The van der Waals surface area contributed by atoms with Crippen LogP contribution in [0, 0.1) is 0 Å². The third-order valence-electron chi connectivity index (χ3n) is 6.20. The largest absolute Gasteiger partial charge is 0.324 e. The van der Waals surface area contributed by atoms with Gasteiger partial charge in [-0.25, -0.2) is 0 Å². The van der Waals surface area contributed by atoms with E-state index in [1.165, 1.54) is 0 Å². The van der Waals surface area contributed by atoms with Crippen molar-refractivity contribution in [3.05, 3.63) is 65.7 Å². The third kappa shape index (κ3) is 4.02. The number of hydrogen-bond donors (Lipinski definition) is 1. The number of carbonyl (C=O) groups excluding carboxylic acids is 2. The van der Waals surface area contributed by atoms with Gasteiger partial charge in [-0.05, 0) is 43.7 Å². The number of aryl methyl sites for hydroxylation is 1. The predicted octanol–water partition coefficient (Wildman–Crippen LogP) is 4.57. The lowest BCUT2D eigenvalue weighted by Gasteiger charge is -2.35. The molecule has 1 fully saturated rings. The summed E-state index contributed by atoms with van der Waals surface area (Å²) in [5, 5.41) is 3.02. The van der Waals surface area contributed by atoms with E-state index in [0.29, 0.717) is 5.71 Å². The maximum atomic E-state index is 13.4. The Morgan fingerprint density at radius 3 is 2.37 bits per heavy atom. The highest BCUT2D eigenvalue weighted by Crippen LogP contribution is 2.38. The Hall–Kier alpha value is -2.95. The van der Waals surface area contributed by atoms with Gasteiger partial charge in [0.2, 0.25) is 5.91 Å². The summed E-state index contributed by atoms with van der Waals surface area (Å²) in [4.78, 5) is 33.1. The second-order valence-electron chi connectivity index (χ2n) is 8.17. The summed E-state index contributed by atoms with van der Waals surface area (Å²) >= 11 is 0. The molecule has 2 aromatic carbocycles. The number of para-hydroxylation sites is 1. The van der Waals surface area contributed by atoms with Crippen molar-refractivity contribution in [1.29, 1.82) is 0 Å². The van der Waals surface area contributed by atoms with Gasteiger partial charge in [-0.3, -0.25) is 14.6 Å². The van der Waals surface area contributed by atoms with Crippen LogP contribution in [0.3, 0.4) is 0 Å². The fraction of sp³-hybridized carbons (Fsp3) is 0.400. The Morgan fingerprint density at radius 2 is 1.67 bits per heavy atom. The smallest absolute Gasteiger partial charge is 0.275 e. The maximum Gasteiger partial charge on any atom is 0.275 e. The standard InChI is InChI=1S/C25H29N3O2/c1-2-19-12-8-9-15-21(19)26-22(29)18-28-24(30)23(20-13-6-5-7-14-20)27-25(28)16-10-3-4-11-17-25/h5-9,12-15H,2-4,10-11,16-18H2,1H3,(H,26,29). The first-order valence-electron chi connectivity index (χ1n) is 11.0. The van der Waals surface area contributed by atoms with E-state index in [1.54, 1.807) is 4.90 Å². The van der Waals surface area contributed by atoms with Gasteiger partial charge < -0.3 is 10.2 Å². The molecule has 0 aromatic heterocycles. The van der Waals surface area contributed by atoms with Crippen LogP contribution in [0.1, 0.15) is 56.6 Å². The molecular formula is C25H29N3O2. The number of carbonyl (C=O) groups is 2. The van der Waals surface area contributed by atoms with Gasteiger partial charge in [0.25, 0.3) is 5.91 Å². The zero-order chi connectivity index (χ0) is 21.0. The molecule has 2 aromatic rings. The van der Waals surface area contributed by atoms with Gasteiger partial charge in [0.15, 0.2) is 0 Å². The van der Waals surface area contributed by atoms with Crippen molar-refractivity contribution < 1.29 is 9.59 Å². The van der Waals surface area contributed by atoms with E-state index >= 15 is 0 Å². The van der Waals surface area contributed by atoms with Crippen LogP contribution in [0.5, 0.6) is 0 Å². The molecule has 2 amide bonds. The Labute approximate surface area is 178 Å². The average molecular weight is 404 g/mol. The number of aliphatic imine (C=N–C) groups is 1. The number of benzene rings is 2. The Kier molecular flexibility index (Phi) is 5.98. The van der Waals surface area contributed by atoms with Crippen molar-refractivity contribution in [2.24, 2.45) is 4.99 Å². The molecule has 156 valence electrons. The number of amides is 2. The fourth-order valence-electron chi connectivity index (χ4n) is 4.60. The minimum absolute atomic E-state index is 0.0245. The van der Waals surface area contributed by atoms with Crippen molar-refractivity contribution in [2.45, 2.75) is 57.5 Å². The molecule has 0 saturated heterocycles. The summed E-state index contributed by atoms with van der Waals surface area (Å²) in [6, 6.07) is 17.4. The van der Waals surface area contributed by atoms with Crippen LogP contribution in [0.4, 0.5) is 5.69 Å². The normalized spacial score (nSPS) is 18.2. The maximum absolute atomic E-state index is 13.4. The summed E-state index contributed by atoms with van der Waals surface area (Å²) in [6.07, 6.45) is 6.81. The SMILES string of the molecule is CCc1ccccc1NC(=O)CN1C(=O)C(c2ccccc2)=NC12CCCCCC2. The Bertz CT molecular complexity index is 944. The first-order valence-corrected chi connectivity index (χ1v) is 11.0. The predicted molar refractivity (Wildman–Crippen MR) is 120 cm³/mol. The van der Waals surface area contributed by atoms with Crippen molar-refractivity contribution in [3.8, 4) is 0 Å². The molecule has 2 aliphatic rings. The van der Waals surface area contributed by atoms with Gasteiger partial charge in [-0.1, -0.05) is 68.3 Å². The minimum atomic E-state index is -0.597. The lowest BCUT2D eigenvalue weighted by Crippen LogP contribution is -2.50. The molecule has 4 rings (SSSR count). The first kappa shape index (κ1) is 20.3. The molecule has 1 aliphatic heterocycles. The molecular weight excluding hydrogens is 374 g/mol. The van der Waals surface area contributed by atoms with E-state index < -0.39 is 5.66 Å².